The molecule has 0 aliphatic heterocycles. The molecule has 0 spiro atoms. The maximum Gasteiger partial charge on any atom is 0.316 e. The molecule has 3 N–H and O–H groups in total. The predicted octanol–water partition coefficient (Wildman–Crippen LogP) is 3.89. The predicted molar refractivity (Wildman–Crippen MR) is 102 cm³/mol. The highest BCUT2D eigenvalue weighted by Gasteiger charge is 2.15. The topological polar surface area (TPSA) is 85.8 Å². The quantitative estimate of drug-likeness (QED) is 0.592. The number of nitrogens with two attached hydrogens (primary N) is 1. The molecule has 0 fully saturated rings. The van der Waals surface area contributed by atoms with Crippen molar-refractivity contribution in [3.05, 3.63) is 72.4 Å². The second-order valence-corrected chi connectivity index (χ2v) is 6.02. The van der Waals surface area contributed by atoms with Crippen LogP contribution in [0.15, 0.2) is 66.9 Å². The number of hydrogen-bond donors (Lipinski definition) is 2. The molecule has 2 heterocycles. The summed E-state index contributed by atoms with van der Waals surface area (Å²) in [6.45, 7) is 2.05. The van der Waals surface area contributed by atoms with Crippen LogP contribution in [0.25, 0.3) is 28.2 Å². The summed E-state index contributed by atoms with van der Waals surface area (Å²) in [4.78, 5) is 20.3. The van der Waals surface area contributed by atoms with Gasteiger partial charge in [-0.3, -0.25) is 4.57 Å². The number of aromatic nitrogens is 3. The monoisotopic (exact) mass is 343 g/mol. The van der Waals surface area contributed by atoms with Crippen molar-refractivity contribution in [2.75, 3.05) is 5.32 Å². The second kappa shape index (κ2) is 6.33. The average molecular weight is 343 g/mol. The Morgan fingerprint density at radius 3 is 2.46 bits per heavy atom. The minimum atomic E-state index is -0.589. The number of hydrogen-bond acceptors (Lipinski definition) is 3. The number of imidazole rings is 1. The molecule has 2 aromatic heterocycles. The van der Waals surface area contributed by atoms with Crippen LogP contribution in [0, 0.1) is 6.92 Å². The van der Waals surface area contributed by atoms with E-state index in [4.69, 9.17) is 10.7 Å². The number of urea groups is 1. The third-order valence-corrected chi connectivity index (χ3v) is 4.12. The highest BCUT2D eigenvalue weighted by Crippen LogP contribution is 2.28. The molecular weight excluding hydrogens is 326 g/mol. The van der Waals surface area contributed by atoms with Crippen LogP contribution in [0.2, 0.25) is 0 Å². The minimum Gasteiger partial charge on any atom is -0.351 e. The maximum absolute atomic E-state index is 11.0. The lowest BCUT2D eigenvalue weighted by molar-refractivity contribution is 0.259. The lowest BCUT2D eigenvalue weighted by atomic mass is 10.1. The van der Waals surface area contributed by atoms with E-state index in [-0.39, 0.29) is 0 Å². The molecule has 0 saturated heterocycles. The van der Waals surface area contributed by atoms with E-state index in [0.29, 0.717) is 5.69 Å². The van der Waals surface area contributed by atoms with Crippen LogP contribution in [0.1, 0.15) is 5.56 Å². The van der Waals surface area contributed by atoms with Gasteiger partial charge < -0.3 is 11.1 Å². The number of anilines is 1. The summed E-state index contributed by atoms with van der Waals surface area (Å²) >= 11 is 0. The smallest absolute Gasteiger partial charge is 0.316 e. The number of carbonyl (C=O) groups excluding carboxylic acids is 1. The first-order chi connectivity index (χ1) is 12.6. The fourth-order valence-corrected chi connectivity index (χ4v) is 2.89. The standard InChI is InChI=1S/C20H17N5O/c1-13-4-10-16(11-5-13)25-18(24-17-3-2-12-22-19(17)25)14-6-8-15(9-7-14)23-20(21)26/h2-12H,1H3,(H3,21,23,26). The first kappa shape index (κ1) is 15.8. The van der Waals surface area contributed by atoms with Gasteiger partial charge in [0.1, 0.15) is 11.3 Å². The Morgan fingerprint density at radius 1 is 1.04 bits per heavy atom. The number of rotatable bonds is 3. The second-order valence-electron chi connectivity index (χ2n) is 6.02. The molecular formula is C20H17N5O. The van der Waals surface area contributed by atoms with Crippen molar-refractivity contribution in [1.29, 1.82) is 0 Å². The van der Waals surface area contributed by atoms with Crippen LogP contribution in [-0.2, 0) is 0 Å². The Morgan fingerprint density at radius 2 is 1.77 bits per heavy atom. The molecule has 0 saturated carbocycles. The van der Waals surface area contributed by atoms with Gasteiger partial charge in [0, 0.05) is 23.1 Å². The van der Waals surface area contributed by atoms with Gasteiger partial charge in [-0.05, 0) is 55.5 Å². The summed E-state index contributed by atoms with van der Waals surface area (Å²) in [6, 6.07) is 18.9. The van der Waals surface area contributed by atoms with Crippen LogP contribution in [0.5, 0.6) is 0 Å². The average Bonchev–Trinajstić information content (AvgIpc) is 3.02. The molecule has 2 aromatic carbocycles. The van der Waals surface area contributed by atoms with E-state index in [2.05, 4.69) is 41.5 Å². The minimum absolute atomic E-state index is 0.589. The van der Waals surface area contributed by atoms with Crippen molar-refractivity contribution < 1.29 is 4.79 Å². The maximum atomic E-state index is 11.0. The number of pyridine rings is 1. The summed E-state index contributed by atoms with van der Waals surface area (Å²) < 4.78 is 2.03. The molecule has 0 unspecified atom stereocenters. The Bertz CT molecular complexity index is 1080. The van der Waals surface area contributed by atoms with E-state index in [9.17, 15) is 4.79 Å². The van der Waals surface area contributed by atoms with Gasteiger partial charge in [-0.1, -0.05) is 17.7 Å². The van der Waals surface area contributed by atoms with Crippen molar-refractivity contribution in [3.8, 4) is 17.1 Å². The molecule has 6 nitrogen and oxygen atoms in total. The molecule has 0 radical (unpaired) electrons. The summed E-state index contributed by atoms with van der Waals surface area (Å²) in [5.74, 6) is 0.785. The van der Waals surface area contributed by atoms with E-state index in [1.165, 1.54) is 5.56 Å². The van der Waals surface area contributed by atoms with Crippen molar-refractivity contribution in [3.63, 3.8) is 0 Å². The normalized spacial score (nSPS) is 10.8. The molecule has 4 rings (SSSR count). The van der Waals surface area contributed by atoms with E-state index in [0.717, 1.165) is 28.2 Å². The molecule has 4 aromatic rings. The lowest BCUT2D eigenvalue weighted by Gasteiger charge is -2.10. The summed E-state index contributed by atoms with van der Waals surface area (Å²) in [7, 11) is 0. The molecule has 6 heteroatoms. The number of nitrogens with one attached hydrogen (secondary N) is 1. The number of primary amides is 1. The van der Waals surface area contributed by atoms with Gasteiger partial charge in [0.05, 0.1) is 0 Å². The van der Waals surface area contributed by atoms with Gasteiger partial charge in [0.2, 0.25) is 0 Å². The number of aryl methyl sites for hydroxylation is 1. The molecule has 0 bridgehead atoms. The highest BCUT2D eigenvalue weighted by atomic mass is 16.2. The zero-order chi connectivity index (χ0) is 18.1. The Labute approximate surface area is 150 Å². The Kier molecular flexibility index (Phi) is 3.85. The third kappa shape index (κ3) is 2.88. The van der Waals surface area contributed by atoms with Gasteiger partial charge in [0.15, 0.2) is 5.65 Å². The summed E-state index contributed by atoms with van der Waals surface area (Å²) in [5, 5.41) is 2.56. The summed E-state index contributed by atoms with van der Waals surface area (Å²) in [6.07, 6.45) is 1.76. The molecule has 2 amide bonds. The van der Waals surface area contributed by atoms with Crippen molar-refractivity contribution in [1.82, 2.24) is 14.5 Å². The van der Waals surface area contributed by atoms with E-state index >= 15 is 0 Å². The number of benzene rings is 2. The first-order valence-corrected chi connectivity index (χ1v) is 8.19. The van der Waals surface area contributed by atoms with Crippen LogP contribution >= 0.6 is 0 Å². The Hall–Kier alpha value is -3.67. The zero-order valence-electron chi connectivity index (χ0n) is 14.2. The third-order valence-electron chi connectivity index (χ3n) is 4.12. The molecule has 0 aliphatic rings. The van der Waals surface area contributed by atoms with E-state index in [1.807, 2.05) is 28.8 Å². The van der Waals surface area contributed by atoms with Crippen molar-refractivity contribution in [2.45, 2.75) is 6.92 Å². The van der Waals surface area contributed by atoms with Crippen molar-refractivity contribution >= 4 is 22.9 Å². The highest BCUT2D eigenvalue weighted by molar-refractivity contribution is 5.88. The lowest BCUT2D eigenvalue weighted by Crippen LogP contribution is -2.19. The Balaban J connectivity index is 1.88. The molecule has 26 heavy (non-hydrogen) atoms. The van der Waals surface area contributed by atoms with Gasteiger partial charge in [0.25, 0.3) is 0 Å². The molecule has 0 atom stereocenters. The summed E-state index contributed by atoms with van der Waals surface area (Å²) in [5.41, 5.74) is 10.5. The van der Waals surface area contributed by atoms with Crippen LogP contribution < -0.4 is 11.1 Å². The van der Waals surface area contributed by atoms with Gasteiger partial charge in [-0.15, -0.1) is 0 Å². The fourth-order valence-electron chi connectivity index (χ4n) is 2.89. The van der Waals surface area contributed by atoms with Crippen LogP contribution in [-0.4, -0.2) is 20.6 Å². The molecule has 128 valence electrons. The van der Waals surface area contributed by atoms with Crippen molar-refractivity contribution in [2.24, 2.45) is 5.73 Å². The molecule has 0 aliphatic carbocycles. The van der Waals surface area contributed by atoms with Crippen LogP contribution in [0.4, 0.5) is 10.5 Å². The van der Waals surface area contributed by atoms with Gasteiger partial charge in [-0.25, -0.2) is 14.8 Å². The zero-order valence-corrected chi connectivity index (χ0v) is 14.2. The van der Waals surface area contributed by atoms with E-state index in [1.54, 1.807) is 18.3 Å². The number of nitrogens with zero attached hydrogens (tertiary/aromatic N) is 3. The van der Waals surface area contributed by atoms with E-state index < -0.39 is 6.03 Å². The van der Waals surface area contributed by atoms with Gasteiger partial charge >= 0.3 is 6.03 Å². The largest absolute Gasteiger partial charge is 0.351 e. The van der Waals surface area contributed by atoms with Crippen LogP contribution in [0.3, 0.4) is 0 Å². The fraction of sp³-hybridized carbons (Fsp3) is 0.0500. The number of amides is 2. The number of carbonyl (C=O) groups is 1. The number of fused-ring (bicyclic) bond motifs is 1. The first-order valence-electron chi connectivity index (χ1n) is 8.19. The van der Waals surface area contributed by atoms with Gasteiger partial charge in [-0.2, -0.15) is 0 Å². The SMILES string of the molecule is Cc1ccc(-n2c(-c3ccc(NC(N)=O)cc3)nc3cccnc32)cc1.